The zero-order valence-electron chi connectivity index (χ0n) is 12.0. The predicted octanol–water partition coefficient (Wildman–Crippen LogP) is 1.40. The normalized spacial score (nSPS) is 10.9. The maximum Gasteiger partial charge on any atom is 0.337 e. The lowest BCUT2D eigenvalue weighted by atomic mass is 10.1. The van der Waals surface area contributed by atoms with Crippen LogP contribution >= 0.6 is 0 Å². The minimum atomic E-state index is -2.72. The summed E-state index contributed by atoms with van der Waals surface area (Å²) >= 11 is 0. The van der Waals surface area contributed by atoms with Crippen LogP contribution in [0.5, 0.6) is 0 Å². The second-order valence-corrected chi connectivity index (χ2v) is 5.65. The summed E-state index contributed by atoms with van der Waals surface area (Å²) in [4.78, 5) is 15.3. The molecule has 1 aromatic heterocycles. The molecule has 0 fully saturated rings. The summed E-state index contributed by atoms with van der Waals surface area (Å²) in [5, 5.41) is 0. The lowest BCUT2D eigenvalue weighted by Gasteiger charge is -2.15. The quantitative estimate of drug-likeness (QED) is 0.643. The van der Waals surface area contributed by atoms with Gasteiger partial charge in [0.1, 0.15) is 0 Å². The van der Waals surface area contributed by atoms with Crippen molar-refractivity contribution in [2.45, 2.75) is 13.1 Å². The first-order chi connectivity index (χ1) is 10.6. The largest absolute Gasteiger partial charge is 0.465 e. The van der Waals surface area contributed by atoms with Crippen molar-refractivity contribution in [3.8, 4) is 0 Å². The number of methoxy groups -OCH3 is 1. The molecular formula is C15H16N2O4S. The third kappa shape index (κ3) is 4.37. The van der Waals surface area contributed by atoms with Gasteiger partial charge in [-0.2, -0.15) is 4.31 Å². The molecule has 1 aromatic carbocycles. The minimum absolute atomic E-state index is 0.231. The van der Waals surface area contributed by atoms with Gasteiger partial charge >= 0.3 is 5.97 Å². The molecule has 0 saturated carbocycles. The number of thiol groups is 1. The summed E-state index contributed by atoms with van der Waals surface area (Å²) in [6.45, 7) is 0.486. The highest BCUT2D eigenvalue weighted by atomic mass is 32.2. The molecule has 0 saturated heterocycles. The number of hydrogen-bond donors (Lipinski definition) is 1. The Morgan fingerprint density at radius 3 is 2.36 bits per heavy atom. The highest BCUT2D eigenvalue weighted by molar-refractivity contribution is 7.69. The smallest absolute Gasteiger partial charge is 0.337 e. The maximum atomic E-state index is 11.4. The van der Waals surface area contributed by atoms with Crippen molar-refractivity contribution in [1.82, 2.24) is 9.29 Å². The molecule has 0 unspecified atom stereocenters. The summed E-state index contributed by atoms with van der Waals surface area (Å²) in [7, 11) is -1.41. The lowest BCUT2D eigenvalue weighted by Crippen LogP contribution is -2.21. The van der Waals surface area contributed by atoms with E-state index in [9.17, 15) is 13.2 Å². The first-order valence-corrected chi connectivity index (χ1v) is 7.68. The van der Waals surface area contributed by atoms with Gasteiger partial charge in [-0.25, -0.2) is 13.2 Å². The molecule has 0 atom stereocenters. The highest BCUT2D eigenvalue weighted by Gasteiger charge is 2.11. The van der Waals surface area contributed by atoms with Crippen molar-refractivity contribution in [3.05, 3.63) is 65.5 Å². The number of benzene rings is 1. The van der Waals surface area contributed by atoms with Crippen molar-refractivity contribution >= 4 is 16.9 Å². The van der Waals surface area contributed by atoms with Crippen LogP contribution in [-0.2, 0) is 28.7 Å². The molecule has 0 aliphatic carbocycles. The van der Waals surface area contributed by atoms with Crippen LogP contribution in [0.4, 0.5) is 0 Å². The first-order valence-electron chi connectivity index (χ1n) is 6.55. The molecule has 0 amide bonds. The minimum Gasteiger partial charge on any atom is -0.465 e. The summed E-state index contributed by atoms with van der Waals surface area (Å²) in [6.07, 6.45) is 3.27. The summed E-state index contributed by atoms with van der Waals surface area (Å²) in [5.74, 6) is -0.423. The zero-order valence-corrected chi connectivity index (χ0v) is 12.9. The van der Waals surface area contributed by atoms with Crippen LogP contribution in [0, 0.1) is 0 Å². The monoisotopic (exact) mass is 320 g/mol. The van der Waals surface area contributed by atoms with Gasteiger partial charge in [0.25, 0.3) is 0 Å². The van der Waals surface area contributed by atoms with Gasteiger partial charge in [0.2, 0.25) is 10.9 Å². The fourth-order valence-corrected chi connectivity index (χ4v) is 2.51. The van der Waals surface area contributed by atoms with E-state index in [0.29, 0.717) is 5.56 Å². The Balaban J connectivity index is 2.09. The van der Waals surface area contributed by atoms with Crippen LogP contribution in [0.15, 0.2) is 48.8 Å². The van der Waals surface area contributed by atoms with Crippen molar-refractivity contribution in [2.75, 3.05) is 7.11 Å². The van der Waals surface area contributed by atoms with E-state index >= 15 is 0 Å². The van der Waals surface area contributed by atoms with Crippen LogP contribution in [-0.4, -0.2) is 30.8 Å². The molecule has 1 heterocycles. The second-order valence-electron chi connectivity index (χ2n) is 4.61. The Kier molecular flexibility index (Phi) is 5.62. The van der Waals surface area contributed by atoms with Crippen LogP contribution in [0.2, 0.25) is 0 Å². The average molecular weight is 320 g/mol. The van der Waals surface area contributed by atoms with Gasteiger partial charge in [0, 0.05) is 25.5 Å². The maximum absolute atomic E-state index is 11.4. The Morgan fingerprint density at radius 1 is 1.14 bits per heavy atom. The number of aromatic nitrogens is 1. The van der Waals surface area contributed by atoms with Gasteiger partial charge in [-0.3, -0.25) is 4.98 Å². The first kappa shape index (κ1) is 16.1. The number of esters is 1. The van der Waals surface area contributed by atoms with E-state index in [-0.39, 0.29) is 13.1 Å². The number of carbonyl (C=O) groups is 1. The molecule has 2 aromatic rings. The fraction of sp³-hybridized carbons (Fsp3) is 0.200. The number of ether oxygens (including phenoxy) is 1. The Morgan fingerprint density at radius 2 is 1.82 bits per heavy atom. The van der Waals surface area contributed by atoms with E-state index in [2.05, 4.69) is 9.72 Å². The van der Waals surface area contributed by atoms with E-state index in [0.717, 1.165) is 11.1 Å². The van der Waals surface area contributed by atoms with Gasteiger partial charge in [0.15, 0.2) is 0 Å². The molecule has 6 nitrogen and oxygen atoms in total. The third-order valence-corrected chi connectivity index (χ3v) is 3.80. The molecule has 116 valence electrons. The topological polar surface area (TPSA) is 76.6 Å². The van der Waals surface area contributed by atoms with Gasteiger partial charge in [-0.1, -0.05) is 18.2 Å². The molecular weight excluding hydrogens is 304 g/mol. The molecule has 22 heavy (non-hydrogen) atoms. The van der Waals surface area contributed by atoms with Gasteiger partial charge in [-0.15, -0.1) is 0 Å². The Hall–Kier alpha value is -2.25. The van der Waals surface area contributed by atoms with Crippen LogP contribution < -0.4 is 0 Å². The highest BCUT2D eigenvalue weighted by Crippen LogP contribution is 2.11. The Labute approximate surface area is 130 Å². The van der Waals surface area contributed by atoms with E-state index in [1.165, 1.54) is 11.4 Å². The molecule has 0 bridgehead atoms. The third-order valence-electron chi connectivity index (χ3n) is 3.06. The van der Waals surface area contributed by atoms with E-state index in [1.807, 2.05) is 6.07 Å². The fourth-order valence-electron chi connectivity index (χ4n) is 1.95. The second kappa shape index (κ2) is 7.67. The summed E-state index contributed by atoms with van der Waals surface area (Å²) in [5.41, 5.74) is 2.03. The summed E-state index contributed by atoms with van der Waals surface area (Å²) < 4.78 is 28.7. The van der Waals surface area contributed by atoms with Gasteiger partial charge in [-0.05, 0) is 29.3 Å². The van der Waals surface area contributed by atoms with Gasteiger partial charge in [0.05, 0.1) is 12.7 Å². The molecule has 0 N–H and O–H groups in total. The average Bonchev–Trinajstić information content (AvgIpc) is 2.55. The van der Waals surface area contributed by atoms with Gasteiger partial charge < -0.3 is 4.74 Å². The number of nitrogens with zero attached hydrogens (tertiary/aromatic N) is 2. The Bertz CT molecular complexity index is 691. The van der Waals surface area contributed by atoms with Crippen molar-refractivity contribution in [1.29, 1.82) is 0 Å². The zero-order chi connectivity index (χ0) is 15.9. The van der Waals surface area contributed by atoms with E-state index < -0.39 is 16.9 Å². The number of rotatable bonds is 6. The lowest BCUT2D eigenvalue weighted by molar-refractivity contribution is 0.0600. The molecule has 0 radical (unpaired) electrons. The molecule has 0 aliphatic heterocycles. The van der Waals surface area contributed by atoms with Crippen molar-refractivity contribution in [3.63, 3.8) is 0 Å². The van der Waals surface area contributed by atoms with Crippen molar-refractivity contribution < 1.29 is 17.9 Å². The van der Waals surface area contributed by atoms with Crippen LogP contribution in [0.3, 0.4) is 0 Å². The molecule has 7 heteroatoms. The van der Waals surface area contributed by atoms with Crippen LogP contribution in [0.1, 0.15) is 21.5 Å². The number of pyridine rings is 1. The summed E-state index contributed by atoms with van der Waals surface area (Å²) in [6, 6.07) is 10.2. The number of hydrogen-bond acceptors (Lipinski definition) is 5. The predicted molar refractivity (Wildman–Crippen MR) is 81.6 cm³/mol. The molecule has 0 aliphatic rings. The van der Waals surface area contributed by atoms with Crippen molar-refractivity contribution in [2.24, 2.45) is 0 Å². The molecule has 2 rings (SSSR count). The van der Waals surface area contributed by atoms with E-state index in [4.69, 9.17) is 0 Å². The molecule has 0 spiro atoms. The number of carbonyl (C=O) groups excluding carboxylic acids is 1. The van der Waals surface area contributed by atoms with Crippen LogP contribution in [0.25, 0.3) is 0 Å². The standard InChI is InChI=1S/C15H16N2O4S/c1-21-15(18)14-6-4-12(5-7-14)10-17(22(19)20)11-13-3-2-8-16-9-13/h2-9,22H,10-11H2,1H3. The van der Waals surface area contributed by atoms with E-state index in [1.54, 1.807) is 42.7 Å². The SMILES string of the molecule is COC(=O)c1ccc(CN(Cc2cccnc2)[SH](=O)=O)cc1.